The number of fused-ring (bicyclic) bond motifs is 1. The molecule has 3 heterocycles. The summed E-state index contributed by atoms with van der Waals surface area (Å²) in [6, 6.07) is 3.52. The molecule has 1 unspecified atom stereocenters. The third-order valence-corrected chi connectivity index (χ3v) is 5.90. The fourth-order valence-corrected chi connectivity index (χ4v) is 4.42. The molecule has 0 bridgehead atoms. The Morgan fingerprint density at radius 2 is 2.07 bits per heavy atom. The zero-order valence-corrected chi connectivity index (χ0v) is 17.3. The first-order valence-corrected chi connectivity index (χ1v) is 10.1. The average Bonchev–Trinajstić information content (AvgIpc) is 2.73. The Balaban J connectivity index is 1.52. The van der Waals surface area contributed by atoms with Gasteiger partial charge in [-0.05, 0) is 29.7 Å². The van der Waals surface area contributed by atoms with E-state index in [2.05, 4.69) is 4.98 Å². The number of nitrogens with one attached hydrogen (secondary N) is 1. The van der Waals surface area contributed by atoms with Gasteiger partial charge in [-0.3, -0.25) is 19.7 Å². The Morgan fingerprint density at radius 1 is 1.27 bits per heavy atom. The van der Waals surface area contributed by atoms with E-state index in [-0.39, 0.29) is 24.7 Å². The number of rotatable bonds is 3. The van der Waals surface area contributed by atoms with E-state index in [0.717, 1.165) is 17.3 Å². The van der Waals surface area contributed by atoms with Crippen molar-refractivity contribution >= 4 is 40.5 Å². The Bertz CT molecular complexity index is 1070. The molecule has 9 nitrogen and oxygen atoms in total. The van der Waals surface area contributed by atoms with E-state index in [9.17, 15) is 19.7 Å². The summed E-state index contributed by atoms with van der Waals surface area (Å²) in [7, 11) is 0. The number of H-pyrrole nitrogens is 1. The van der Waals surface area contributed by atoms with Gasteiger partial charge in [0.1, 0.15) is 5.69 Å². The van der Waals surface area contributed by atoms with Gasteiger partial charge in [0.25, 0.3) is 11.3 Å². The van der Waals surface area contributed by atoms with Crippen LogP contribution < -0.4 is 10.3 Å². The third-order valence-electron chi connectivity index (χ3n) is 5.35. The van der Waals surface area contributed by atoms with Crippen LogP contribution in [0.15, 0.2) is 29.3 Å². The lowest BCUT2D eigenvalue weighted by Gasteiger charge is -2.37. The molecule has 2 aliphatic rings. The molecular formula is C19H18Cl2N4O5. The molecular weight excluding hydrogens is 435 g/mol. The van der Waals surface area contributed by atoms with Crippen LogP contribution in [0.4, 0.5) is 11.4 Å². The van der Waals surface area contributed by atoms with E-state index in [1.807, 2.05) is 6.07 Å². The molecule has 1 N–H and O–H groups in total. The van der Waals surface area contributed by atoms with Crippen LogP contribution >= 0.6 is 23.2 Å². The summed E-state index contributed by atoms with van der Waals surface area (Å²) in [5, 5.41) is 12.1. The van der Waals surface area contributed by atoms with Crippen molar-refractivity contribution in [2.45, 2.75) is 19.1 Å². The first kappa shape index (κ1) is 20.6. The van der Waals surface area contributed by atoms with Crippen LogP contribution in [0, 0.1) is 10.1 Å². The molecule has 2 aromatic rings. The van der Waals surface area contributed by atoms with E-state index >= 15 is 0 Å². The maximum Gasteiger partial charge on any atom is 0.334 e. The number of anilines is 1. The van der Waals surface area contributed by atoms with Crippen LogP contribution in [0.5, 0.6) is 0 Å². The predicted octanol–water partition coefficient (Wildman–Crippen LogP) is 2.38. The maximum absolute atomic E-state index is 13.1. The summed E-state index contributed by atoms with van der Waals surface area (Å²) in [5.41, 5.74) is 0.798. The number of nitro groups is 1. The monoisotopic (exact) mass is 452 g/mol. The Hall–Kier alpha value is -2.62. The summed E-state index contributed by atoms with van der Waals surface area (Å²) in [5.74, 6) is -0.210. The molecule has 1 aromatic carbocycles. The van der Waals surface area contributed by atoms with Crippen molar-refractivity contribution in [3.8, 4) is 0 Å². The molecule has 0 radical (unpaired) electrons. The van der Waals surface area contributed by atoms with Gasteiger partial charge in [0.05, 0.1) is 24.3 Å². The lowest BCUT2D eigenvalue weighted by Crippen LogP contribution is -2.52. The minimum absolute atomic E-state index is 0.126. The van der Waals surface area contributed by atoms with Crippen LogP contribution in [0.25, 0.3) is 0 Å². The standard InChI is InChI=1S/C19H18Cl2N4O5/c20-12-5-11-1-2-24(9-13(11)14(21)6-12)19(27)17-10-23(3-4-30-17)15-7-22-8-16(18(15)26)25(28)29/h5-8,17H,1-4,9-10H2,(H,22,26). The van der Waals surface area contributed by atoms with Crippen molar-refractivity contribution in [2.75, 3.05) is 31.1 Å². The minimum Gasteiger partial charge on any atom is -0.365 e. The van der Waals surface area contributed by atoms with Crippen molar-refractivity contribution in [2.24, 2.45) is 0 Å². The third kappa shape index (κ3) is 3.88. The number of aromatic amines is 1. The second-order valence-electron chi connectivity index (χ2n) is 7.15. The number of hydrogen-bond donors (Lipinski definition) is 1. The number of morpholine rings is 1. The van der Waals surface area contributed by atoms with Crippen molar-refractivity contribution in [3.63, 3.8) is 0 Å². The highest BCUT2D eigenvalue weighted by Crippen LogP contribution is 2.30. The fourth-order valence-electron chi connectivity index (χ4n) is 3.82. The van der Waals surface area contributed by atoms with Gasteiger partial charge >= 0.3 is 5.69 Å². The number of halogens is 2. The Labute approximate surface area is 181 Å². The highest BCUT2D eigenvalue weighted by Gasteiger charge is 2.34. The number of benzene rings is 1. The number of nitrogens with zero attached hydrogens (tertiary/aromatic N) is 3. The van der Waals surface area contributed by atoms with Gasteiger partial charge in [0.2, 0.25) is 0 Å². The smallest absolute Gasteiger partial charge is 0.334 e. The quantitative estimate of drug-likeness (QED) is 0.565. The van der Waals surface area contributed by atoms with E-state index < -0.39 is 22.1 Å². The zero-order chi connectivity index (χ0) is 21.4. The van der Waals surface area contributed by atoms with Crippen LogP contribution in [-0.2, 0) is 22.5 Å². The molecule has 11 heteroatoms. The molecule has 1 aromatic heterocycles. The summed E-state index contributed by atoms with van der Waals surface area (Å²) in [6.45, 7) is 1.54. The van der Waals surface area contributed by atoms with Crippen LogP contribution in [-0.4, -0.2) is 53.1 Å². The number of amides is 1. The van der Waals surface area contributed by atoms with Crippen molar-refractivity contribution < 1.29 is 14.5 Å². The number of aromatic nitrogens is 1. The first-order valence-electron chi connectivity index (χ1n) is 9.32. The molecule has 30 heavy (non-hydrogen) atoms. The van der Waals surface area contributed by atoms with E-state index in [4.69, 9.17) is 27.9 Å². The highest BCUT2D eigenvalue weighted by molar-refractivity contribution is 6.35. The second-order valence-corrected chi connectivity index (χ2v) is 8.00. The predicted molar refractivity (Wildman–Crippen MR) is 111 cm³/mol. The lowest BCUT2D eigenvalue weighted by molar-refractivity contribution is -0.386. The lowest BCUT2D eigenvalue weighted by atomic mass is 9.99. The topological polar surface area (TPSA) is 109 Å². The first-order chi connectivity index (χ1) is 14.3. The van der Waals surface area contributed by atoms with Crippen LogP contribution in [0.3, 0.4) is 0 Å². The number of pyridine rings is 1. The Morgan fingerprint density at radius 3 is 2.83 bits per heavy atom. The maximum atomic E-state index is 13.1. The molecule has 0 saturated carbocycles. The van der Waals surface area contributed by atoms with Gasteiger partial charge in [-0.1, -0.05) is 23.2 Å². The van der Waals surface area contributed by atoms with Gasteiger partial charge < -0.3 is 19.5 Å². The highest BCUT2D eigenvalue weighted by atomic mass is 35.5. The summed E-state index contributed by atoms with van der Waals surface area (Å²) >= 11 is 12.4. The Kier molecular flexibility index (Phi) is 5.68. The molecule has 1 atom stereocenters. The summed E-state index contributed by atoms with van der Waals surface area (Å²) in [6.07, 6.45) is 2.30. The van der Waals surface area contributed by atoms with Gasteiger partial charge in [-0.2, -0.15) is 0 Å². The van der Waals surface area contributed by atoms with E-state index in [0.29, 0.717) is 36.1 Å². The fraction of sp³-hybridized carbons (Fsp3) is 0.368. The van der Waals surface area contributed by atoms with E-state index in [1.54, 1.807) is 15.9 Å². The normalized spacial score (nSPS) is 18.8. The van der Waals surface area contributed by atoms with Crippen LogP contribution in [0.1, 0.15) is 11.1 Å². The van der Waals surface area contributed by atoms with E-state index in [1.165, 1.54) is 6.20 Å². The molecule has 158 valence electrons. The molecule has 1 fully saturated rings. The summed E-state index contributed by atoms with van der Waals surface area (Å²) in [4.78, 5) is 41.8. The number of hydrogen-bond acceptors (Lipinski definition) is 6. The van der Waals surface area contributed by atoms with Gasteiger partial charge in [-0.25, -0.2) is 0 Å². The molecule has 1 amide bonds. The van der Waals surface area contributed by atoms with Gasteiger partial charge in [-0.15, -0.1) is 0 Å². The average molecular weight is 453 g/mol. The number of ether oxygens (including phenoxy) is 1. The van der Waals surface area contributed by atoms with Gasteiger partial charge in [0.15, 0.2) is 6.10 Å². The molecule has 0 aliphatic carbocycles. The largest absolute Gasteiger partial charge is 0.365 e. The van der Waals surface area contributed by atoms with Crippen molar-refractivity contribution in [1.29, 1.82) is 0 Å². The van der Waals surface area contributed by atoms with Crippen molar-refractivity contribution in [3.05, 3.63) is 66.0 Å². The second kappa shape index (κ2) is 8.25. The number of carbonyl (C=O) groups is 1. The number of carbonyl (C=O) groups excluding carboxylic acids is 1. The summed E-state index contributed by atoms with van der Waals surface area (Å²) < 4.78 is 5.67. The molecule has 1 saturated heterocycles. The molecule has 4 rings (SSSR count). The van der Waals surface area contributed by atoms with Gasteiger partial charge in [0, 0.05) is 35.9 Å². The minimum atomic E-state index is -0.787. The molecule has 0 spiro atoms. The van der Waals surface area contributed by atoms with Crippen LogP contribution in [0.2, 0.25) is 10.0 Å². The zero-order valence-electron chi connectivity index (χ0n) is 15.8. The SMILES string of the molecule is O=C(C1CN(c2c[nH]cc([N+](=O)[O-])c2=O)CCO1)N1CCc2cc(Cl)cc(Cl)c2C1. The molecule has 2 aliphatic heterocycles. The van der Waals surface area contributed by atoms with Crippen molar-refractivity contribution in [1.82, 2.24) is 9.88 Å².